The first kappa shape index (κ1) is 23.8. The third-order valence-corrected chi connectivity index (χ3v) is 6.94. The number of hydrogen-bond donors (Lipinski definition) is 1. The Morgan fingerprint density at radius 1 is 1.27 bits per heavy atom. The summed E-state index contributed by atoms with van der Waals surface area (Å²) in [6.07, 6.45) is 1.49. The number of nitrogens with one attached hydrogen (secondary N) is 1. The summed E-state index contributed by atoms with van der Waals surface area (Å²) in [6.45, 7) is 1.47. The molecule has 1 heterocycles. The van der Waals surface area contributed by atoms with Crippen molar-refractivity contribution in [3.05, 3.63) is 29.8 Å². The van der Waals surface area contributed by atoms with Gasteiger partial charge in [-0.05, 0) is 43.5 Å². The molecule has 30 heavy (non-hydrogen) atoms. The molecular weight excluding hydrogens is 408 g/mol. The van der Waals surface area contributed by atoms with Gasteiger partial charge in [0, 0.05) is 46.3 Å². The normalized spacial score (nSPS) is 15.4. The number of ether oxygens (including phenoxy) is 1. The lowest BCUT2D eigenvalue weighted by atomic mass is 9.96. The summed E-state index contributed by atoms with van der Waals surface area (Å²) in [5, 5.41) is 11.6. The van der Waals surface area contributed by atoms with E-state index in [0.717, 1.165) is 0 Å². The Hall–Kier alpha value is -2.48. The molecule has 0 radical (unpaired) electrons. The van der Waals surface area contributed by atoms with Crippen molar-refractivity contribution in [2.45, 2.75) is 24.2 Å². The number of hydrogen-bond acceptors (Lipinski definition) is 6. The number of nitrogens with zero attached hydrogens (tertiary/aromatic N) is 3. The molecule has 1 fully saturated rings. The van der Waals surface area contributed by atoms with E-state index in [-0.39, 0.29) is 42.3 Å². The molecule has 9 nitrogen and oxygen atoms in total. The number of likely N-dealkylation sites (N-methyl/N-ethyl adjacent to an activating group) is 1. The van der Waals surface area contributed by atoms with Crippen molar-refractivity contribution in [3.63, 3.8) is 0 Å². The maximum atomic E-state index is 12.8. The summed E-state index contributed by atoms with van der Waals surface area (Å²) in [5.41, 5.74) is 0.393. The Morgan fingerprint density at radius 3 is 2.47 bits per heavy atom. The summed E-state index contributed by atoms with van der Waals surface area (Å²) in [7, 11) is -0.493. The van der Waals surface area contributed by atoms with Crippen LogP contribution in [0.2, 0.25) is 0 Å². The van der Waals surface area contributed by atoms with Gasteiger partial charge >= 0.3 is 0 Å². The molecule has 0 aromatic heterocycles. The van der Waals surface area contributed by atoms with Gasteiger partial charge in [-0.25, -0.2) is 8.42 Å². The second kappa shape index (κ2) is 11.1. The minimum atomic E-state index is -3.67. The molecule has 1 aromatic rings. The third kappa shape index (κ3) is 6.26. The van der Waals surface area contributed by atoms with Crippen LogP contribution in [0.4, 0.5) is 0 Å². The van der Waals surface area contributed by atoms with E-state index in [4.69, 9.17) is 10.00 Å². The Kier molecular flexibility index (Phi) is 8.77. The molecule has 0 saturated carbocycles. The van der Waals surface area contributed by atoms with Gasteiger partial charge in [-0.15, -0.1) is 0 Å². The second-order valence-electron chi connectivity index (χ2n) is 7.21. The largest absolute Gasteiger partial charge is 0.385 e. The molecule has 10 heteroatoms. The first-order valence-electron chi connectivity index (χ1n) is 9.80. The number of benzene rings is 1. The summed E-state index contributed by atoms with van der Waals surface area (Å²) in [4.78, 5) is 26.1. The third-order valence-electron chi connectivity index (χ3n) is 5.03. The zero-order chi connectivity index (χ0) is 22.1. The molecule has 2 amide bonds. The van der Waals surface area contributed by atoms with Crippen LogP contribution in [-0.2, 0) is 24.3 Å². The minimum Gasteiger partial charge on any atom is -0.385 e. The average Bonchev–Trinajstić information content (AvgIpc) is 2.76. The smallest absolute Gasteiger partial charge is 0.243 e. The minimum absolute atomic E-state index is 0.0322. The molecule has 1 aliphatic rings. The van der Waals surface area contributed by atoms with Crippen LogP contribution >= 0.6 is 0 Å². The van der Waals surface area contributed by atoms with Crippen LogP contribution in [-0.4, -0.2) is 76.4 Å². The Balaban J connectivity index is 1.85. The number of rotatable bonds is 9. The van der Waals surface area contributed by atoms with E-state index in [1.807, 2.05) is 6.07 Å². The highest BCUT2D eigenvalue weighted by Crippen LogP contribution is 2.25. The first-order chi connectivity index (χ1) is 14.3. The molecule has 0 spiro atoms. The predicted octanol–water partition coefficient (Wildman–Crippen LogP) is 0.570. The van der Waals surface area contributed by atoms with Crippen molar-refractivity contribution in [2.24, 2.45) is 5.92 Å². The fourth-order valence-electron chi connectivity index (χ4n) is 3.30. The van der Waals surface area contributed by atoms with Crippen LogP contribution in [0.3, 0.4) is 0 Å². The molecular formula is C20H28N4O5S. The standard InChI is InChI=1S/C20H28N4O5S/c1-23(15-19(25)22-10-3-13-29-2)20(26)17-8-11-24(12-9-17)30(27,28)18-6-4-16(14-21)5-7-18/h4-7,17H,3,8-13,15H2,1-2H3,(H,22,25). The van der Waals surface area contributed by atoms with E-state index in [2.05, 4.69) is 5.32 Å². The molecule has 2 rings (SSSR count). The Morgan fingerprint density at radius 2 is 1.90 bits per heavy atom. The van der Waals surface area contributed by atoms with Crippen LogP contribution in [0.25, 0.3) is 0 Å². The zero-order valence-corrected chi connectivity index (χ0v) is 18.2. The number of methoxy groups -OCH3 is 1. The van der Waals surface area contributed by atoms with Gasteiger partial charge in [-0.3, -0.25) is 9.59 Å². The Labute approximate surface area is 177 Å². The molecule has 0 unspecified atom stereocenters. The van der Waals surface area contributed by atoms with Crippen molar-refractivity contribution in [3.8, 4) is 6.07 Å². The maximum Gasteiger partial charge on any atom is 0.243 e. The molecule has 1 N–H and O–H groups in total. The van der Waals surface area contributed by atoms with Crippen molar-refractivity contribution in [2.75, 3.05) is 46.9 Å². The highest BCUT2D eigenvalue weighted by Gasteiger charge is 2.33. The van der Waals surface area contributed by atoms with E-state index in [1.54, 1.807) is 14.2 Å². The van der Waals surface area contributed by atoms with Crippen LogP contribution in [0, 0.1) is 17.2 Å². The lowest BCUT2D eigenvalue weighted by Gasteiger charge is -2.32. The fourth-order valence-corrected chi connectivity index (χ4v) is 4.77. The van der Waals surface area contributed by atoms with Crippen molar-refractivity contribution in [1.29, 1.82) is 5.26 Å². The summed E-state index contributed by atoms with van der Waals surface area (Å²) >= 11 is 0. The zero-order valence-electron chi connectivity index (χ0n) is 17.3. The molecule has 0 atom stereocenters. The molecule has 0 bridgehead atoms. The fraction of sp³-hybridized carbons (Fsp3) is 0.550. The predicted molar refractivity (Wildman–Crippen MR) is 110 cm³/mol. The van der Waals surface area contributed by atoms with E-state index in [1.165, 1.54) is 33.5 Å². The number of carbonyl (C=O) groups excluding carboxylic acids is 2. The SMILES string of the molecule is COCCCNC(=O)CN(C)C(=O)C1CCN(S(=O)(=O)c2ccc(C#N)cc2)CC1. The quantitative estimate of drug-likeness (QED) is 0.565. The van der Waals surface area contributed by atoms with Crippen LogP contribution in [0.1, 0.15) is 24.8 Å². The van der Waals surface area contributed by atoms with Crippen molar-refractivity contribution < 1.29 is 22.7 Å². The van der Waals surface area contributed by atoms with Gasteiger partial charge in [0.15, 0.2) is 0 Å². The lowest BCUT2D eigenvalue weighted by molar-refractivity contribution is -0.139. The van der Waals surface area contributed by atoms with E-state index in [0.29, 0.717) is 38.0 Å². The van der Waals surface area contributed by atoms with E-state index < -0.39 is 10.0 Å². The number of nitriles is 1. The molecule has 1 saturated heterocycles. The number of sulfonamides is 1. The first-order valence-corrected chi connectivity index (χ1v) is 11.2. The summed E-state index contributed by atoms with van der Waals surface area (Å²) in [6, 6.07) is 7.74. The Bertz CT molecular complexity index is 871. The highest BCUT2D eigenvalue weighted by atomic mass is 32.2. The highest BCUT2D eigenvalue weighted by molar-refractivity contribution is 7.89. The van der Waals surface area contributed by atoms with Gasteiger partial charge in [0.25, 0.3) is 0 Å². The van der Waals surface area contributed by atoms with Gasteiger partial charge in [0.1, 0.15) is 0 Å². The van der Waals surface area contributed by atoms with E-state index >= 15 is 0 Å². The number of amides is 2. The van der Waals surface area contributed by atoms with Crippen molar-refractivity contribution in [1.82, 2.24) is 14.5 Å². The molecule has 1 aliphatic heterocycles. The van der Waals surface area contributed by atoms with Gasteiger partial charge < -0.3 is 15.0 Å². The number of carbonyl (C=O) groups is 2. The summed E-state index contributed by atoms with van der Waals surface area (Å²) in [5.74, 6) is -0.705. The van der Waals surface area contributed by atoms with Gasteiger partial charge in [-0.2, -0.15) is 9.57 Å². The summed E-state index contributed by atoms with van der Waals surface area (Å²) < 4.78 is 31.8. The van der Waals surface area contributed by atoms with Crippen LogP contribution < -0.4 is 5.32 Å². The van der Waals surface area contributed by atoms with E-state index in [9.17, 15) is 18.0 Å². The molecule has 164 valence electrons. The second-order valence-corrected chi connectivity index (χ2v) is 9.14. The van der Waals surface area contributed by atoms with Gasteiger partial charge in [-0.1, -0.05) is 0 Å². The maximum absolute atomic E-state index is 12.8. The molecule has 1 aromatic carbocycles. The van der Waals surface area contributed by atoms with Crippen LogP contribution in [0.5, 0.6) is 0 Å². The number of piperidine rings is 1. The van der Waals surface area contributed by atoms with Gasteiger partial charge in [0.2, 0.25) is 21.8 Å². The molecule has 0 aliphatic carbocycles. The average molecular weight is 437 g/mol. The van der Waals surface area contributed by atoms with Gasteiger partial charge in [0.05, 0.1) is 23.1 Å². The van der Waals surface area contributed by atoms with Crippen molar-refractivity contribution >= 4 is 21.8 Å². The monoisotopic (exact) mass is 436 g/mol. The van der Waals surface area contributed by atoms with Crippen LogP contribution in [0.15, 0.2) is 29.2 Å². The lowest BCUT2D eigenvalue weighted by Crippen LogP contribution is -2.45. The topological polar surface area (TPSA) is 120 Å².